The molecule has 2 aromatic rings. The molecule has 1 N–H and O–H groups in total. The topological polar surface area (TPSA) is 39.1 Å². The first-order chi connectivity index (χ1) is 8.22. The predicted molar refractivity (Wildman–Crippen MR) is 62.8 cm³/mol. The van der Waals surface area contributed by atoms with Gasteiger partial charge in [0.05, 0.1) is 25.2 Å². The van der Waals surface area contributed by atoms with E-state index < -0.39 is 0 Å². The molecule has 5 heteroatoms. The van der Waals surface area contributed by atoms with Crippen LogP contribution < -0.4 is 10.1 Å². The molecule has 0 saturated heterocycles. The van der Waals surface area contributed by atoms with Crippen LogP contribution in [0.2, 0.25) is 0 Å². The largest absolute Gasteiger partial charge is 0.493 e. The fourth-order valence-corrected chi connectivity index (χ4v) is 1.62. The van der Waals surface area contributed by atoms with Gasteiger partial charge in [0.2, 0.25) is 0 Å². The molecule has 0 aliphatic heterocycles. The number of aromatic nitrogens is 2. The molecule has 1 aromatic heterocycles. The van der Waals surface area contributed by atoms with Gasteiger partial charge in [-0.3, -0.25) is 0 Å². The first-order valence-corrected chi connectivity index (χ1v) is 5.26. The highest BCUT2D eigenvalue weighted by Crippen LogP contribution is 2.16. The molecule has 17 heavy (non-hydrogen) atoms. The zero-order valence-corrected chi connectivity index (χ0v) is 9.77. The molecule has 1 aromatic carbocycles. The average molecular weight is 235 g/mol. The minimum absolute atomic E-state index is 0.276. The summed E-state index contributed by atoms with van der Waals surface area (Å²) in [5, 5.41) is 7.09. The van der Waals surface area contributed by atoms with E-state index in [2.05, 4.69) is 10.4 Å². The Morgan fingerprint density at radius 1 is 1.41 bits per heavy atom. The van der Waals surface area contributed by atoms with Crippen LogP contribution in [0.25, 0.3) is 5.69 Å². The first kappa shape index (κ1) is 11.6. The number of halogens is 1. The maximum absolute atomic E-state index is 13.4. The highest BCUT2D eigenvalue weighted by Gasteiger charge is 2.04. The number of ether oxygens (including phenoxy) is 1. The van der Waals surface area contributed by atoms with Gasteiger partial charge in [-0.2, -0.15) is 5.10 Å². The minimum Gasteiger partial charge on any atom is -0.493 e. The third-order valence-electron chi connectivity index (χ3n) is 2.38. The standard InChI is InChI=1S/C12H14FN3O/c1-14-6-9-3-10(13)5-11(4-9)16-8-12(17-2)7-15-16/h3-5,7-8,14H,6H2,1-2H3. The molecule has 1 heterocycles. The van der Waals surface area contributed by atoms with Gasteiger partial charge in [0.15, 0.2) is 5.75 Å². The second kappa shape index (κ2) is 4.97. The van der Waals surface area contributed by atoms with E-state index in [1.807, 2.05) is 13.1 Å². The Kier molecular flexibility index (Phi) is 3.39. The smallest absolute Gasteiger partial charge is 0.157 e. The lowest BCUT2D eigenvalue weighted by atomic mass is 10.2. The van der Waals surface area contributed by atoms with Gasteiger partial charge in [-0.1, -0.05) is 0 Å². The molecule has 0 unspecified atom stereocenters. The lowest BCUT2D eigenvalue weighted by molar-refractivity contribution is 0.414. The van der Waals surface area contributed by atoms with Gasteiger partial charge in [-0.15, -0.1) is 0 Å². The minimum atomic E-state index is -0.276. The zero-order valence-electron chi connectivity index (χ0n) is 9.77. The summed E-state index contributed by atoms with van der Waals surface area (Å²) in [7, 11) is 3.39. The van der Waals surface area contributed by atoms with Gasteiger partial charge in [-0.25, -0.2) is 9.07 Å². The second-order valence-corrected chi connectivity index (χ2v) is 3.67. The molecular formula is C12H14FN3O. The summed E-state index contributed by atoms with van der Waals surface area (Å²) in [4.78, 5) is 0. The highest BCUT2D eigenvalue weighted by molar-refractivity contribution is 5.37. The molecule has 0 saturated carbocycles. The molecule has 90 valence electrons. The van der Waals surface area contributed by atoms with Crippen LogP contribution >= 0.6 is 0 Å². The summed E-state index contributed by atoms with van der Waals surface area (Å²) in [6.07, 6.45) is 3.29. The molecule has 0 aliphatic carbocycles. The Morgan fingerprint density at radius 3 is 2.88 bits per heavy atom. The maximum Gasteiger partial charge on any atom is 0.157 e. The first-order valence-electron chi connectivity index (χ1n) is 5.26. The molecule has 2 rings (SSSR count). The summed E-state index contributed by atoms with van der Waals surface area (Å²) >= 11 is 0. The van der Waals surface area contributed by atoms with Crippen molar-refractivity contribution in [2.45, 2.75) is 6.54 Å². The van der Waals surface area contributed by atoms with Gasteiger partial charge in [0.25, 0.3) is 0 Å². The van der Waals surface area contributed by atoms with Crippen molar-refractivity contribution in [2.75, 3.05) is 14.2 Å². The number of hydrogen-bond donors (Lipinski definition) is 1. The predicted octanol–water partition coefficient (Wildman–Crippen LogP) is 1.74. The van der Waals surface area contributed by atoms with Crippen molar-refractivity contribution in [1.29, 1.82) is 0 Å². The van der Waals surface area contributed by atoms with Crippen LogP contribution in [0.1, 0.15) is 5.56 Å². The molecule has 4 nitrogen and oxygen atoms in total. The van der Waals surface area contributed by atoms with Crippen LogP contribution in [0.3, 0.4) is 0 Å². The summed E-state index contributed by atoms with van der Waals surface area (Å²) < 4.78 is 20.0. The van der Waals surface area contributed by atoms with Crippen molar-refractivity contribution in [1.82, 2.24) is 15.1 Å². The average Bonchev–Trinajstić information content (AvgIpc) is 2.77. The number of methoxy groups -OCH3 is 1. The lowest BCUT2D eigenvalue weighted by Gasteiger charge is -2.05. The lowest BCUT2D eigenvalue weighted by Crippen LogP contribution is -2.06. The van der Waals surface area contributed by atoms with E-state index in [0.29, 0.717) is 18.0 Å². The molecule has 0 aliphatic rings. The summed E-state index contributed by atoms with van der Waals surface area (Å²) in [5.41, 5.74) is 1.55. The van der Waals surface area contributed by atoms with Crippen molar-refractivity contribution < 1.29 is 9.13 Å². The SMILES string of the molecule is CNCc1cc(F)cc(-n2cc(OC)cn2)c1. The van der Waals surface area contributed by atoms with E-state index in [1.165, 1.54) is 12.1 Å². The Bertz CT molecular complexity index is 510. The van der Waals surface area contributed by atoms with Crippen LogP contribution in [0, 0.1) is 5.82 Å². The van der Waals surface area contributed by atoms with Crippen LogP contribution in [-0.2, 0) is 6.54 Å². The van der Waals surface area contributed by atoms with Gasteiger partial charge in [-0.05, 0) is 30.8 Å². The molecule has 0 atom stereocenters. The normalized spacial score (nSPS) is 10.5. The van der Waals surface area contributed by atoms with Crippen molar-refractivity contribution in [2.24, 2.45) is 0 Å². The van der Waals surface area contributed by atoms with Crippen LogP contribution in [0.4, 0.5) is 4.39 Å². The maximum atomic E-state index is 13.4. The zero-order chi connectivity index (χ0) is 12.3. The summed E-state index contributed by atoms with van der Waals surface area (Å²) in [6, 6.07) is 4.82. The molecule has 0 amide bonds. The monoisotopic (exact) mass is 235 g/mol. The second-order valence-electron chi connectivity index (χ2n) is 3.67. The number of benzene rings is 1. The van der Waals surface area contributed by atoms with Crippen LogP contribution in [0.5, 0.6) is 5.75 Å². The van der Waals surface area contributed by atoms with E-state index >= 15 is 0 Å². The molecule has 0 fully saturated rings. The van der Waals surface area contributed by atoms with Crippen molar-refractivity contribution in [3.63, 3.8) is 0 Å². The van der Waals surface area contributed by atoms with E-state index in [0.717, 1.165) is 5.56 Å². The van der Waals surface area contributed by atoms with E-state index in [-0.39, 0.29) is 5.82 Å². The Balaban J connectivity index is 2.37. The van der Waals surface area contributed by atoms with Gasteiger partial charge in [0, 0.05) is 6.54 Å². The summed E-state index contributed by atoms with van der Waals surface area (Å²) in [6.45, 7) is 0.614. The van der Waals surface area contributed by atoms with Crippen LogP contribution in [-0.4, -0.2) is 23.9 Å². The molecule has 0 radical (unpaired) electrons. The highest BCUT2D eigenvalue weighted by atomic mass is 19.1. The molecule has 0 bridgehead atoms. The van der Waals surface area contributed by atoms with E-state index in [9.17, 15) is 4.39 Å². The fourth-order valence-electron chi connectivity index (χ4n) is 1.62. The van der Waals surface area contributed by atoms with Gasteiger partial charge < -0.3 is 10.1 Å². The van der Waals surface area contributed by atoms with E-state index in [1.54, 1.807) is 24.2 Å². The van der Waals surface area contributed by atoms with Crippen LogP contribution in [0.15, 0.2) is 30.6 Å². The van der Waals surface area contributed by atoms with Gasteiger partial charge in [0.1, 0.15) is 5.82 Å². The van der Waals surface area contributed by atoms with Gasteiger partial charge >= 0.3 is 0 Å². The third kappa shape index (κ3) is 2.62. The number of nitrogens with zero attached hydrogens (tertiary/aromatic N) is 2. The van der Waals surface area contributed by atoms with E-state index in [4.69, 9.17) is 4.74 Å². The number of nitrogens with one attached hydrogen (secondary N) is 1. The Labute approximate surface area is 99.0 Å². The fraction of sp³-hybridized carbons (Fsp3) is 0.250. The Hall–Kier alpha value is -1.88. The number of rotatable bonds is 4. The van der Waals surface area contributed by atoms with Crippen molar-refractivity contribution in [3.05, 3.63) is 42.0 Å². The summed E-state index contributed by atoms with van der Waals surface area (Å²) in [5.74, 6) is 0.367. The van der Waals surface area contributed by atoms with Crippen molar-refractivity contribution in [3.8, 4) is 11.4 Å². The third-order valence-corrected chi connectivity index (χ3v) is 2.38. The quantitative estimate of drug-likeness (QED) is 0.877. The number of hydrogen-bond acceptors (Lipinski definition) is 3. The van der Waals surface area contributed by atoms with Crippen molar-refractivity contribution >= 4 is 0 Å². The molecule has 0 spiro atoms. The molecular weight excluding hydrogens is 221 g/mol. The Morgan fingerprint density at radius 2 is 2.24 bits per heavy atom.